The maximum absolute atomic E-state index is 12.6. The third-order valence-electron chi connectivity index (χ3n) is 5.58. The molecule has 2 amide bonds. The predicted molar refractivity (Wildman–Crippen MR) is 105 cm³/mol. The summed E-state index contributed by atoms with van der Waals surface area (Å²) < 4.78 is 0. The number of hydrogen-bond acceptors (Lipinski definition) is 4. The number of carbonyl (C=O) groups is 1. The van der Waals surface area contributed by atoms with Crippen LogP contribution in [0.5, 0.6) is 0 Å². The van der Waals surface area contributed by atoms with Gasteiger partial charge in [0.1, 0.15) is 0 Å². The lowest BCUT2D eigenvalue weighted by molar-refractivity contribution is 0.0512. The van der Waals surface area contributed by atoms with E-state index in [2.05, 4.69) is 41.2 Å². The maximum atomic E-state index is 12.6. The van der Waals surface area contributed by atoms with Crippen molar-refractivity contribution in [1.29, 1.82) is 0 Å². The molecule has 2 aliphatic heterocycles. The van der Waals surface area contributed by atoms with Crippen LogP contribution in [-0.2, 0) is 6.42 Å². The summed E-state index contributed by atoms with van der Waals surface area (Å²) in [6, 6.07) is 8.02. The average Bonchev–Trinajstić information content (AvgIpc) is 3.04. The minimum atomic E-state index is -0.472. The lowest BCUT2D eigenvalue weighted by Gasteiger charge is -2.37. The van der Waals surface area contributed by atoms with Gasteiger partial charge in [0.25, 0.3) is 0 Å². The summed E-state index contributed by atoms with van der Waals surface area (Å²) in [5.41, 5.74) is 2.12. The Hall–Kier alpha value is -1.63. The number of aryl methyl sites for hydroxylation is 1. The Balaban J connectivity index is 1.52. The largest absolute Gasteiger partial charge is 0.390 e. The number of amides is 2. The van der Waals surface area contributed by atoms with Crippen LogP contribution in [0.4, 0.5) is 10.5 Å². The normalized spacial score (nSPS) is 24.8. The second kappa shape index (κ2) is 8.84. The van der Waals surface area contributed by atoms with Gasteiger partial charge in [0.15, 0.2) is 0 Å². The molecule has 0 radical (unpaired) electrons. The first-order valence-electron chi connectivity index (χ1n) is 9.82. The second-order valence-electron chi connectivity index (χ2n) is 7.61. The number of piperazine rings is 1. The zero-order valence-corrected chi connectivity index (χ0v) is 16.0. The van der Waals surface area contributed by atoms with E-state index >= 15 is 0 Å². The second-order valence-corrected chi connectivity index (χ2v) is 7.61. The number of likely N-dealkylation sites (N-methyl/N-ethyl adjacent to an activating group) is 1. The van der Waals surface area contributed by atoms with E-state index in [9.17, 15) is 9.90 Å². The number of anilines is 1. The Morgan fingerprint density at radius 1 is 1.15 bits per heavy atom. The number of unbranched alkanes of at least 4 members (excludes halogenated alkanes) is 1. The quantitative estimate of drug-likeness (QED) is 0.841. The van der Waals surface area contributed by atoms with Crippen molar-refractivity contribution in [2.45, 2.75) is 38.3 Å². The van der Waals surface area contributed by atoms with Crippen LogP contribution >= 0.6 is 0 Å². The summed E-state index contributed by atoms with van der Waals surface area (Å²) in [5.74, 6) is 0. The van der Waals surface area contributed by atoms with E-state index < -0.39 is 6.10 Å². The fourth-order valence-corrected chi connectivity index (χ4v) is 3.79. The van der Waals surface area contributed by atoms with Gasteiger partial charge in [0, 0.05) is 38.4 Å². The van der Waals surface area contributed by atoms with Crippen LogP contribution in [0.25, 0.3) is 0 Å². The number of aliphatic hydroxyl groups excluding tert-OH is 1. The van der Waals surface area contributed by atoms with E-state index in [-0.39, 0.29) is 12.1 Å². The number of urea groups is 1. The van der Waals surface area contributed by atoms with Gasteiger partial charge in [-0.25, -0.2) is 4.79 Å². The van der Waals surface area contributed by atoms with Gasteiger partial charge in [-0.05, 0) is 37.6 Å². The third kappa shape index (κ3) is 4.75. The summed E-state index contributed by atoms with van der Waals surface area (Å²) in [5, 5.41) is 13.4. The topological polar surface area (TPSA) is 59.1 Å². The van der Waals surface area contributed by atoms with E-state index in [0.717, 1.165) is 38.3 Å². The number of rotatable bonds is 5. The maximum Gasteiger partial charge on any atom is 0.321 e. The SMILES string of the molecule is CCCCc1ccc(NC(=O)N2C[C@H](O)[C@@H](N3CCN(C)CC3)C2)cc1. The average molecular weight is 361 g/mol. The minimum absolute atomic E-state index is 0.0471. The predicted octanol–water partition coefficient (Wildman–Crippen LogP) is 1.85. The van der Waals surface area contributed by atoms with Crippen molar-refractivity contribution in [3.05, 3.63) is 29.8 Å². The highest BCUT2D eigenvalue weighted by molar-refractivity contribution is 5.89. The zero-order valence-electron chi connectivity index (χ0n) is 16.0. The highest BCUT2D eigenvalue weighted by Gasteiger charge is 2.38. The molecule has 6 heteroatoms. The molecule has 2 atom stereocenters. The Labute approximate surface area is 156 Å². The summed E-state index contributed by atoms with van der Waals surface area (Å²) in [7, 11) is 2.12. The van der Waals surface area contributed by atoms with Crippen LogP contribution in [0, 0.1) is 0 Å². The molecule has 6 nitrogen and oxygen atoms in total. The Morgan fingerprint density at radius 2 is 1.85 bits per heavy atom. The summed E-state index contributed by atoms with van der Waals surface area (Å²) in [6.45, 7) is 7.11. The van der Waals surface area contributed by atoms with Gasteiger partial charge in [-0.15, -0.1) is 0 Å². The molecule has 2 saturated heterocycles. The number of benzene rings is 1. The Bertz CT molecular complexity index is 584. The van der Waals surface area contributed by atoms with Crippen molar-refractivity contribution in [2.24, 2.45) is 0 Å². The molecule has 2 heterocycles. The van der Waals surface area contributed by atoms with Crippen molar-refractivity contribution >= 4 is 11.7 Å². The van der Waals surface area contributed by atoms with E-state index in [1.165, 1.54) is 18.4 Å². The van der Waals surface area contributed by atoms with Crippen LogP contribution in [0.1, 0.15) is 25.3 Å². The van der Waals surface area contributed by atoms with E-state index in [0.29, 0.717) is 13.1 Å². The molecule has 2 N–H and O–H groups in total. The van der Waals surface area contributed by atoms with Crippen LogP contribution in [0.15, 0.2) is 24.3 Å². The number of nitrogens with zero attached hydrogens (tertiary/aromatic N) is 3. The molecule has 1 aromatic rings. The first-order valence-corrected chi connectivity index (χ1v) is 9.82. The number of carbonyl (C=O) groups excluding carboxylic acids is 1. The first kappa shape index (κ1) is 19.1. The van der Waals surface area contributed by atoms with Gasteiger partial charge in [-0.1, -0.05) is 25.5 Å². The summed E-state index contributed by atoms with van der Waals surface area (Å²) in [4.78, 5) is 18.9. The Morgan fingerprint density at radius 3 is 2.50 bits per heavy atom. The van der Waals surface area contributed by atoms with Crippen molar-refractivity contribution in [1.82, 2.24) is 14.7 Å². The smallest absolute Gasteiger partial charge is 0.321 e. The van der Waals surface area contributed by atoms with Crippen molar-refractivity contribution in [3.63, 3.8) is 0 Å². The molecule has 144 valence electrons. The number of aliphatic hydroxyl groups is 1. The molecule has 0 saturated carbocycles. The molecule has 3 rings (SSSR count). The number of nitrogens with one attached hydrogen (secondary N) is 1. The molecule has 0 spiro atoms. The standard InChI is InChI=1S/C20H32N4O2/c1-3-4-5-16-6-8-17(9-7-16)21-20(26)24-14-18(19(25)15-24)23-12-10-22(2)11-13-23/h6-9,18-19,25H,3-5,10-15H2,1-2H3,(H,21,26)/t18-,19-/m0/s1. The lowest BCUT2D eigenvalue weighted by atomic mass is 10.1. The van der Waals surface area contributed by atoms with Gasteiger partial charge < -0.3 is 20.2 Å². The fourth-order valence-electron chi connectivity index (χ4n) is 3.79. The van der Waals surface area contributed by atoms with Gasteiger partial charge in [-0.2, -0.15) is 0 Å². The molecule has 26 heavy (non-hydrogen) atoms. The van der Waals surface area contributed by atoms with Gasteiger partial charge >= 0.3 is 6.03 Å². The molecule has 2 aliphatic rings. The monoisotopic (exact) mass is 360 g/mol. The Kier molecular flexibility index (Phi) is 6.51. The number of likely N-dealkylation sites (tertiary alicyclic amines) is 1. The molecule has 0 unspecified atom stereocenters. The molecular weight excluding hydrogens is 328 g/mol. The molecular formula is C20H32N4O2. The van der Waals surface area contributed by atoms with Gasteiger partial charge in [-0.3, -0.25) is 4.90 Å². The van der Waals surface area contributed by atoms with Crippen LogP contribution < -0.4 is 5.32 Å². The third-order valence-corrected chi connectivity index (χ3v) is 5.58. The molecule has 2 fully saturated rings. The number of hydrogen-bond donors (Lipinski definition) is 2. The highest BCUT2D eigenvalue weighted by atomic mass is 16.3. The lowest BCUT2D eigenvalue weighted by Crippen LogP contribution is -2.52. The molecule has 0 bridgehead atoms. The van der Waals surface area contributed by atoms with Crippen molar-refractivity contribution in [2.75, 3.05) is 51.6 Å². The van der Waals surface area contributed by atoms with Crippen molar-refractivity contribution in [3.8, 4) is 0 Å². The van der Waals surface area contributed by atoms with Gasteiger partial charge in [0.05, 0.1) is 18.7 Å². The first-order chi connectivity index (χ1) is 12.6. The fraction of sp³-hybridized carbons (Fsp3) is 0.650. The van der Waals surface area contributed by atoms with Crippen LogP contribution in [0.2, 0.25) is 0 Å². The van der Waals surface area contributed by atoms with E-state index in [1.54, 1.807) is 4.90 Å². The van der Waals surface area contributed by atoms with Crippen molar-refractivity contribution < 1.29 is 9.90 Å². The van der Waals surface area contributed by atoms with E-state index in [4.69, 9.17) is 0 Å². The molecule has 1 aromatic carbocycles. The zero-order chi connectivity index (χ0) is 18.5. The van der Waals surface area contributed by atoms with Crippen LogP contribution in [-0.4, -0.2) is 84.3 Å². The molecule has 0 aromatic heterocycles. The van der Waals surface area contributed by atoms with E-state index in [1.807, 2.05) is 12.1 Å². The number of β-amino-alcohol motifs (C(OH)–C–C–N with tert-alkyl or cyclic N) is 1. The highest BCUT2D eigenvalue weighted by Crippen LogP contribution is 2.20. The summed E-state index contributed by atoms with van der Waals surface area (Å²) in [6.07, 6.45) is 2.98. The minimum Gasteiger partial charge on any atom is -0.390 e. The molecule has 0 aliphatic carbocycles. The van der Waals surface area contributed by atoms with Gasteiger partial charge in [0.2, 0.25) is 0 Å². The summed E-state index contributed by atoms with van der Waals surface area (Å²) >= 11 is 0. The van der Waals surface area contributed by atoms with Crippen LogP contribution in [0.3, 0.4) is 0 Å².